The van der Waals surface area contributed by atoms with Gasteiger partial charge in [-0.15, -0.1) is 0 Å². The standard InChI is InChI=1S/C15H21N3/c1-10-3-5-12(6-4-10)14-15(16)18-8-7-11(2)9-13(18)17-14/h7-10,12H,3-6,16H2,1-2H3. The van der Waals surface area contributed by atoms with E-state index in [1.807, 2.05) is 10.6 Å². The predicted molar refractivity (Wildman–Crippen MR) is 74.7 cm³/mol. The van der Waals surface area contributed by atoms with Crippen molar-refractivity contribution in [2.24, 2.45) is 5.92 Å². The minimum atomic E-state index is 0.557. The summed E-state index contributed by atoms with van der Waals surface area (Å²) < 4.78 is 2.01. The second-order valence-electron chi connectivity index (χ2n) is 5.77. The lowest BCUT2D eigenvalue weighted by Crippen LogP contribution is -2.12. The Morgan fingerprint density at radius 1 is 1.28 bits per heavy atom. The third-order valence-corrected chi connectivity index (χ3v) is 4.25. The Kier molecular flexibility index (Phi) is 2.77. The third kappa shape index (κ3) is 1.88. The number of aryl methyl sites for hydroxylation is 1. The molecule has 2 heterocycles. The summed E-state index contributed by atoms with van der Waals surface area (Å²) in [5, 5.41) is 0. The van der Waals surface area contributed by atoms with E-state index in [-0.39, 0.29) is 0 Å². The molecule has 2 aromatic rings. The number of nitrogens with two attached hydrogens (primary N) is 1. The molecule has 1 aliphatic rings. The molecule has 1 saturated carbocycles. The summed E-state index contributed by atoms with van der Waals surface area (Å²) in [5.74, 6) is 2.26. The average molecular weight is 243 g/mol. The van der Waals surface area contributed by atoms with E-state index >= 15 is 0 Å². The van der Waals surface area contributed by atoms with E-state index in [2.05, 4.69) is 26.0 Å². The topological polar surface area (TPSA) is 43.3 Å². The maximum absolute atomic E-state index is 6.26. The van der Waals surface area contributed by atoms with Crippen LogP contribution in [0.25, 0.3) is 5.65 Å². The van der Waals surface area contributed by atoms with Gasteiger partial charge < -0.3 is 5.73 Å². The number of fused-ring (bicyclic) bond motifs is 1. The van der Waals surface area contributed by atoms with Crippen molar-refractivity contribution in [2.45, 2.75) is 45.4 Å². The predicted octanol–water partition coefficient (Wildman–Crippen LogP) is 3.52. The van der Waals surface area contributed by atoms with Crippen LogP contribution in [0.4, 0.5) is 5.82 Å². The van der Waals surface area contributed by atoms with Crippen LogP contribution < -0.4 is 5.73 Å². The van der Waals surface area contributed by atoms with E-state index in [0.29, 0.717) is 5.92 Å². The highest BCUT2D eigenvalue weighted by atomic mass is 15.1. The lowest BCUT2D eigenvalue weighted by Gasteiger charge is -2.25. The van der Waals surface area contributed by atoms with Crippen molar-refractivity contribution < 1.29 is 0 Å². The minimum Gasteiger partial charge on any atom is -0.383 e. The monoisotopic (exact) mass is 243 g/mol. The number of pyridine rings is 1. The van der Waals surface area contributed by atoms with Gasteiger partial charge in [-0.05, 0) is 43.4 Å². The highest BCUT2D eigenvalue weighted by molar-refractivity contribution is 5.54. The summed E-state index contributed by atoms with van der Waals surface area (Å²) in [7, 11) is 0. The first-order valence-electron chi connectivity index (χ1n) is 6.89. The number of aromatic nitrogens is 2. The van der Waals surface area contributed by atoms with Crippen LogP contribution in [-0.2, 0) is 0 Å². The maximum Gasteiger partial charge on any atom is 0.138 e. The Bertz CT molecular complexity index is 562. The van der Waals surface area contributed by atoms with Crippen molar-refractivity contribution in [1.29, 1.82) is 0 Å². The number of hydrogen-bond acceptors (Lipinski definition) is 2. The number of imidazole rings is 1. The van der Waals surface area contributed by atoms with Gasteiger partial charge in [0.2, 0.25) is 0 Å². The molecule has 0 aromatic carbocycles. The largest absolute Gasteiger partial charge is 0.383 e. The Balaban J connectivity index is 1.99. The Morgan fingerprint density at radius 2 is 2.00 bits per heavy atom. The molecule has 0 spiro atoms. The van der Waals surface area contributed by atoms with Crippen LogP contribution in [0.15, 0.2) is 18.3 Å². The zero-order valence-corrected chi connectivity index (χ0v) is 11.2. The van der Waals surface area contributed by atoms with E-state index in [1.54, 1.807) is 0 Å². The normalized spacial score (nSPS) is 24.6. The van der Waals surface area contributed by atoms with Gasteiger partial charge in [-0.3, -0.25) is 4.40 Å². The van der Waals surface area contributed by atoms with Gasteiger partial charge in [0.05, 0.1) is 5.69 Å². The second-order valence-corrected chi connectivity index (χ2v) is 5.77. The lowest BCUT2D eigenvalue weighted by molar-refractivity contribution is 0.345. The average Bonchev–Trinajstić information content (AvgIpc) is 2.67. The fourth-order valence-corrected chi connectivity index (χ4v) is 3.02. The Labute approximate surface area is 108 Å². The highest BCUT2D eigenvalue weighted by Crippen LogP contribution is 2.37. The zero-order chi connectivity index (χ0) is 12.7. The molecule has 0 radical (unpaired) electrons. The van der Waals surface area contributed by atoms with Gasteiger partial charge in [-0.1, -0.05) is 19.8 Å². The Hall–Kier alpha value is -1.51. The number of anilines is 1. The molecule has 1 fully saturated rings. The first-order chi connectivity index (χ1) is 8.65. The van der Waals surface area contributed by atoms with E-state index in [0.717, 1.165) is 23.1 Å². The van der Waals surface area contributed by atoms with Crippen molar-refractivity contribution in [3.63, 3.8) is 0 Å². The molecule has 0 unspecified atom stereocenters. The van der Waals surface area contributed by atoms with Gasteiger partial charge in [-0.2, -0.15) is 0 Å². The van der Waals surface area contributed by atoms with Gasteiger partial charge in [0.15, 0.2) is 0 Å². The molecule has 0 bridgehead atoms. The minimum absolute atomic E-state index is 0.557. The first kappa shape index (κ1) is 11.6. The summed E-state index contributed by atoms with van der Waals surface area (Å²) in [5.41, 5.74) is 9.59. The molecule has 3 nitrogen and oxygen atoms in total. The van der Waals surface area contributed by atoms with E-state index in [1.165, 1.54) is 31.2 Å². The lowest BCUT2D eigenvalue weighted by atomic mass is 9.81. The second kappa shape index (κ2) is 4.30. The molecule has 2 aromatic heterocycles. The molecule has 0 amide bonds. The molecule has 2 N–H and O–H groups in total. The van der Waals surface area contributed by atoms with Crippen LogP contribution in [0.5, 0.6) is 0 Å². The van der Waals surface area contributed by atoms with Crippen molar-refractivity contribution >= 4 is 11.5 Å². The van der Waals surface area contributed by atoms with Gasteiger partial charge in [0.25, 0.3) is 0 Å². The van der Waals surface area contributed by atoms with Crippen LogP contribution in [0.3, 0.4) is 0 Å². The molecule has 3 heteroatoms. The molecule has 3 rings (SSSR count). The molecule has 1 aliphatic carbocycles. The van der Waals surface area contributed by atoms with Crippen molar-refractivity contribution in [3.05, 3.63) is 29.6 Å². The van der Waals surface area contributed by atoms with Gasteiger partial charge in [0.1, 0.15) is 11.5 Å². The molecular formula is C15H21N3. The summed E-state index contributed by atoms with van der Waals surface area (Å²) in [6.45, 7) is 4.43. The molecule has 18 heavy (non-hydrogen) atoms. The van der Waals surface area contributed by atoms with E-state index < -0.39 is 0 Å². The summed E-state index contributed by atoms with van der Waals surface area (Å²) >= 11 is 0. The van der Waals surface area contributed by atoms with E-state index in [9.17, 15) is 0 Å². The van der Waals surface area contributed by atoms with Crippen molar-refractivity contribution in [1.82, 2.24) is 9.38 Å². The van der Waals surface area contributed by atoms with Gasteiger partial charge in [0, 0.05) is 12.1 Å². The molecule has 0 aliphatic heterocycles. The molecule has 0 saturated heterocycles. The summed E-state index contributed by atoms with van der Waals surface area (Å²) in [6, 6.07) is 4.18. The van der Waals surface area contributed by atoms with Gasteiger partial charge in [-0.25, -0.2) is 4.98 Å². The van der Waals surface area contributed by atoms with Crippen LogP contribution >= 0.6 is 0 Å². The van der Waals surface area contributed by atoms with Crippen molar-refractivity contribution in [3.8, 4) is 0 Å². The van der Waals surface area contributed by atoms with Crippen LogP contribution in [0, 0.1) is 12.8 Å². The summed E-state index contributed by atoms with van der Waals surface area (Å²) in [4.78, 5) is 4.76. The quantitative estimate of drug-likeness (QED) is 0.832. The molecule has 96 valence electrons. The Morgan fingerprint density at radius 3 is 2.72 bits per heavy atom. The number of rotatable bonds is 1. The summed E-state index contributed by atoms with van der Waals surface area (Å²) in [6.07, 6.45) is 7.10. The van der Waals surface area contributed by atoms with Crippen molar-refractivity contribution in [2.75, 3.05) is 5.73 Å². The van der Waals surface area contributed by atoms with E-state index in [4.69, 9.17) is 10.7 Å². The highest BCUT2D eigenvalue weighted by Gasteiger charge is 2.24. The van der Waals surface area contributed by atoms with Gasteiger partial charge >= 0.3 is 0 Å². The maximum atomic E-state index is 6.26. The SMILES string of the molecule is Cc1ccn2c(N)c(C3CCC(C)CC3)nc2c1. The first-order valence-corrected chi connectivity index (χ1v) is 6.89. The number of hydrogen-bond donors (Lipinski definition) is 1. The zero-order valence-electron chi connectivity index (χ0n) is 11.2. The number of nitrogen functional groups attached to an aromatic ring is 1. The van der Waals surface area contributed by atoms with Crippen LogP contribution in [0.1, 0.15) is 49.8 Å². The third-order valence-electron chi connectivity index (χ3n) is 4.25. The van der Waals surface area contributed by atoms with Crippen LogP contribution in [-0.4, -0.2) is 9.38 Å². The fraction of sp³-hybridized carbons (Fsp3) is 0.533. The van der Waals surface area contributed by atoms with Crippen LogP contribution in [0.2, 0.25) is 0 Å². The number of nitrogens with zero attached hydrogens (tertiary/aromatic N) is 2. The molecular weight excluding hydrogens is 222 g/mol. The molecule has 0 atom stereocenters. The fourth-order valence-electron chi connectivity index (χ4n) is 3.02. The smallest absolute Gasteiger partial charge is 0.138 e.